The summed E-state index contributed by atoms with van der Waals surface area (Å²) in [5.41, 5.74) is -0.390. The Kier molecular flexibility index (Phi) is 9.74. The summed E-state index contributed by atoms with van der Waals surface area (Å²) in [7, 11) is 1.13. The molecule has 3 aromatic rings. The van der Waals surface area contributed by atoms with E-state index in [2.05, 4.69) is 20.2 Å². The number of halogens is 12. The van der Waals surface area contributed by atoms with Gasteiger partial charge in [0.2, 0.25) is 5.96 Å². The molecule has 0 aliphatic rings. The number of rotatable bonds is 7. The number of para-hydroxylation sites is 1. The zero-order chi connectivity index (χ0) is 33.1. The van der Waals surface area contributed by atoms with E-state index in [1.165, 1.54) is 6.07 Å². The molecule has 0 bridgehead atoms. The third-order valence-corrected chi connectivity index (χ3v) is 5.78. The Hall–Kier alpha value is -4.51. The predicted molar refractivity (Wildman–Crippen MR) is 132 cm³/mol. The summed E-state index contributed by atoms with van der Waals surface area (Å²) in [6.45, 7) is -1.70. The highest BCUT2D eigenvalue weighted by molar-refractivity contribution is 5.79. The first-order valence-electron chi connectivity index (χ1n) is 11.9. The number of guanidine groups is 1. The molecule has 3 aromatic carbocycles. The second-order valence-electron chi connectivity index (χ2n) is 8.93. The second-order valence-corrected chi connectivity index (χ2v) is 8.93. The third-order valence-electron chi connectivity index (χ3n) is 5.78. The van der Waals surface area contributed by atoms with E-state index in [1.807, 2.05) is 0 Å². The lowest BCUT2D eigenvalue weighted by atomic mass is 9.96. The van der Waals surface area contributed by atoms with E-state index in [-0.39, 0.29) is 17.2 Å². The highest BCUT2D eigenvalue weighted by atomic mass is 19.4. The Morgan fingerprint density at radius 1 is 0.705 bits per heavy atom. The molecule has 0 heterocycles. The maximum atomic E-state index is 13.6. The van der Waals surface area contributed by atoms with E-state index in [4.69, 9.17) is 5.73 Å². The number of alkyl halides is 12. The molecular formula is C26H19F12N5O. The van der Waals surface area contributed by atoms with Crippen LogP contribution < -0.4 is 10.5 Å². The van der Waals surface area contributed by atoms with E-state index >= 15 is 0 Å². The normalized spacial score (nSPS) is 13.4. The number of benzene rings is 3. The molecule has 0 radical (unpaired) electrons. The number of hydrogen-bond donors (Lipinski definition) is 1. The zero-order valence-corrected chi connectivity index (χ0v) is 22.0. The van der Waals surface area contributed by atoms with E-state index in [1.54, 1.807) is 0 Å². The Morgan fingerprint density at radius 3 is 1.80 bits per heavy atom. The Morgan fingerprint density at radius 2 is 1.27 bits per heavy atom. The van der Waals surface area contributed by atoms with Crippen molar-refractivity contribution in [1.82, 2.24) is 4.90 Å². The molecule has 18 heteroatoms. The molecule has 0 amide bonds. The van der Waals surface area contributed by atoms with Crippen LogP contribution in [0.1, 0.15) is 27.8 Å². The summed E-state index contributed by atoms with van der Waals surface area (Å²) < 4.78 is 165. The molecule has 0 unspecified atom stereocenters. The fourth-order valence-electron chi connectivity index (χ4n) is 3.97. The molecule has 0 aliphatic heterocycles. The van der Waals surface area contributed by atoms with Gasteiger partial charge in [-0.25, -0.2) is 0 Å². The number of nitrogens with zero attached hydrogens (tertiary/aromatic N) is 4. The van der Waals surface area contributed by atoms with Gasteiger partial charge in [0.05, 0.1) is 23.7 Å². The lowest BCUT2D eigenvalue weighted by Gasteiger charge is -2.26. The van der Waals surface area contributed by atoms with Gasteiger partial charge in [0.1, 0.15) is 5.75 Å². The van der Waals surface area contributed by atoms with E-state index in [9.17, 15) is 52.7 Å². The lowest BCUT2D eigenvalue weighted by Crippen LogP contribution is -2.36. The van der Waals surface area contributed by atoms with Gasteiger partial charge in [0.25, 0.3) is 0 Å². The van der Waals surface area contributed by atoms with Crippen molar-refractivity contribution >= 4 is 5.96 Å². The molecular weight excluding hydrogens is 626 g/mol. The maximum absolute atomic E-state index is 13.6. The zero-order valence-electron chi connectivity index (χ0n) is 22.0. The molecule has 6 nitrogen and oxygen atoms in total. The summed E-state index contributed by atoms with van der Waals surface area (Å²) in [6, 6.07) is 6.96. The van der Waals surface area contributed by atoms with Gasteiger partial charge in [-0.3, -0.25) is 0 Å². The first-order chi connectivity index (χ1) is 20.2. The minimum atomic E-state index is -5.21. The average Bonchev–Trinajstić information content (AvgIpc) is 2.89. The Balaban J connectivity index is 2.23. The Bertz CT molecular complexity index is 1490. The molecule has 0 aromatic heterocycles. The van der Waals surface area contributed by atoms with Gasteiger partial charge in [-0.1, -0.05) is 29.4 Å². The van der Waals surface area contributed by atoms with E-state index in [0.29, 0.717) is 24.3 Å². The van der Waals surface area contributed by atoms with Crippen LogP contribution >= 0.6 is 0 Å². The van der Waals surface area contributed by atoms with E-state index < -0.39 is 77.5 Å². The van der Waals surface area contributed by atoms with Crippen LogP contribution in [0.25, 0.3) is 11.1 Å². The number of ether oxygens (including phenoxy) is 1. The molecule has 0 saturated carbocycles. The van der Waals surface area contributed by atoms with Crippen LogP contribution in [0.5, 0.6) is 5.75 Å². The molecule has 2 N–H and O–H groups in total. The third kappa shape index (κ3) is 9.00. The van der Waals surface area contributed by atoms with Crippen LogP contribution in [-0.4, -0.2) is 24.3 Å². The number of nitrogens with two attached hydrogens (primary N) is 1. The quantitative estimate of drug-likeness (QED) is 0.0920. The topological polar surface area (TPSA) is 75.6 Å². The van der Waals surface area contributed by atoms with Crippen molar-refractivity contribution in [3.05, 3.63) is 88.5 Å². The summed E-state index contributed by atoms with van der Waals surface area (Å²) >= 11 is 0. The highest BCUT2D eigenvalue weighted by Gasteiger charge is 2.38. The van der Waals surface area contributed by atoms with Crippen molar-refractivity contribution < 1.29 is 57.4 Å². The van der Waals surface area contributed by atoms with Crippen molar-refractivity contribution in [3.8, 4) is 16.9 Å². The van der Waals surface area contributed by atoms with Gasteiger partial charge in [0, 0.05) is 18.7 Å². The molecule has 0 saturated heterocycles. The summed E-state index contributed by atoms with van der Waals surface area (Å²) in [4.78, 5) is 0.774. The molecule has 238 valence electrons. The fraction of sp³-hybridized carbons (Fsp3) is 0.269. The molecule has 0 fully saturated rings. The molecule has 0 atom stereocenters. The first kappa shape index (κ1) is 34.0. The highest BCUT2D eigenvalue weighted by Crippen LogP contribution is 2.40. The maximum Gasteiger partial charge on any atom is 0.573 e. The van der Waals surface area contributed by atoms with Gasteiger partial charge in [-0.05, 0) is 58.3 Å². The van der Waals surface area contributed by atoms with Crippen LogP contribution in [0.15, 0.2) is 76.1 Å². The van der Waals surface area contributed by atoms with Gasteiger partial charge in [-0.15, -0.1) is 13.2 Å². The predicted octanol–water partition coefficient (Wildman–Crippen LogP) is 8.62. The van der Waals surface area contributed by atoms with Crippen molar-refractivity contribution in [1.29, 1.82) is 0 Å². The van der Waals surface area contributed by atoms with Crippen LogP contribution in [0, 0.1) is 0 Å². The molecule has 0 aliphatic carbocycles. The fourth-order valence-corrected chi connectivity index (χ4v) is 3.97. The van der Waals surface area contributed by atoms with Gasteiger partial charge < -0.3 is 15.4 Å². The number of hydrogen-bond acceptors (Lipinski definition) is 3. The van der Waals surface area contributed by atoms with Crippen molar-refractivity contribution in [3.63, 3.8) is 0 Å². The summed E-state index contributed by atoms with van der Waals surface area (Å²) in [6.07, 6.45) is -20.6. The summed E-state index contributed by atoms with van der Waals surface area (Å²) in [5.74, 6) is -1.51. The van der Waals surface area contributed by atoms with Crippen molar-refractivity contribution in [2.45, 2.75) is 38.0 Å². The van der Waals surface area contributed by atoms with Gasteiger partial charge in [0.15, 0.2) is 0 Å². The van der Waals surface area contributed by atoms with Crippen molar-refractivity contribution in [2.24, 2.45) is 21.2 Å². The average molecular weight is 645 g/mol. The largest absolute Gasteiger partial charge is 0.573 e. The molecule has 0 spiro atoms. The lowest BCUT2D eigenvalue weighted by molar-refractivity contribution is -0.274. The van der Waals surface area contributed by atoms with Gasteiger partial charge in [-0.2, -0.15) is 44.6 Å². The molecule has 3 rings (SSSR count). The minimum absolute atomic E-state index is 0.126. The summed E-state index contributed by atoms with van der Waals surface area (Å²) in [5, 5.41) is 9.98. The van der Waals surface area contributed by atoms with Crippen LogP contribution in [0.4, 0.5) is 52.7 Å². The van der Waals surface area contributed by atoms with Crippen LogP contribution in [0.2, 0.25) is 0 Å². The standard InChI is InChI=1S/C26H19F12N5O/c1-40-42-41-22(39)43(12-14-8-17(24(30,31)32)11-18(9-14)25(33,34)35)13-15-10-16(23(27,28)29)6-7-19(15)20-4-2-3-5-21(20)44-26(36,37)38/h2-11H,12-13H2,1H3,(H2,39,40,41). The second kappa shape index (κ2) is 12.6. The monoisotopic (exact) mass is 645 g/mol. The van der Waals surface area contributed by atoms with Crippen LogP contribution in [-0.2, 0) is 31.6 Å². The Labute approximate surface area is 240 Å². The van der Waals surface area contributed by atoms with Gasteiger partial charge >= 0.3 is 24.9 Å². The first-order valence-corrected chi connectivity index (χ1v) is 11.9. The SMILES string of the molecule is CN=N/N=C(\N)N(Cc1cc(C(F)(F)F)cc(C(F)(F)F)c1)Cc1cc(C(F)(F)F)ccc1-c1ccccc1OC(F)(F)F. The van der Waals surface area contributed by atoms with E-state index in [0.717, 1.165) is 36.2 Å². The minimum Gasteiger partial charge on any atom is -0.405 e. The van der Waals surface area contributed by atoms with Crippen molar-refractivity contribution in [2.75, 3.05) is 7.05 Å². The van der Waals surface area contributed by atoms with Crippen LogP contribution in [0.3, 0.4) is 0 Å². The molecule has 44 heavy (non-hydrogen) atoms. The smallest absolute Gasteiger partial charge is 0.405 e.